The summed E-state index contributed by atoms with van der Waals surface area (Å²) in [7, 11) is -2.82. The van der Waals surface area contributed by atoms with Gasteiger partial charge in [-0.15, -0.1) is 0 Å². The molecule has 0 aromatic heterocycles. The van der Waals surface area contributed by atoms with E-state index in [0.29, 0.717) is 5.75 Å². The molecule has 2 saturated heterocycles. The molecule has 3 rings (SSSR count). The molecule has 1 aromatic rings. The van der Waals surface area contributed by atoms with Crippen molar-refractivity contribution < 1.29 is 8.42 Å². The molecule has 0 radical (unpaired) electrons. The molecule has 1 N–H and O–H groups in total. The third kappa shape index (κ3) is 2.86. The number of nitrogens with one attached hydrogen (secondary N) is 1. The van der Waals surface area contributed by atoms with Gasteiger partial charge in [-0.1, -0.05) is 12.1 Å². The van der Waals surface area contributed by atoms with Gasteiger partial charge in [-0.05, 0) is 31.4 Å². The van der Waals surface area contributed by atoms with Gasteiger partial charge in [0.1, 0.15) is 0 Å². The molecule has 104 valence electrons. The lowest BCUT2D eigenvalue weighted by Gasteiger charge is -2.23. The SMILES string of the molecule is O=S1(=O)CCC(Nc2ccccc2N2CCCC2)C1. The van der Waals surface area contributed by atoms with Crippen LogP contribution in [-0.4, -0.2) is 39.1 Å². The Bertz CT molecular complexity index is 550. The van der Waals surface area contributed by atoms with Gasteiger partial charge < -0.3 is 10.2 Å². The molecule has 0 spiro atoms. The first-order valence-electron chi connectivity index (χ1n) is 6.95. The van der Waals surface area contributed by atoms with E-state index in [1.54, 1.807) is 0 Å². The van der Waals surface area contributed by atoms with Gasteiger partial charge in [0.15, 0.2) is 9.84 Å². The molecule has 19 heavy (non-hydrogen) atoms. The molecule has 0 saturated carbocycles. The molecule has 1 unspecified atom stereocenters. The van der Waals surface area contributed by atoms with Gasteiger partial charge in [0.25, 0.3) is 0 Å². The standard InChI is InChI=1S/C14H20N2O2S/c17-19(18)10-7-12(11-19)15-13-5-1-2-6-14(13)16-8-3-4-9-16/h1-2,5-6,12,15H,3-4,7-11H2. The Balaban J connectivity index is 1.77. The molecular formula is C14H20N2O2S. The Kier molecular flexibility index (Phi) is 3.39. The van der Waals surface area contributed by atoms with Crippen LogP contribution in [0.5, 0.6) is 0 Å². The molecule has 1 aromatic carbocycles. The van der Waals surface area contributed by atoms with Gasteiger partial charge in [0.2, 0.25) is 0 Å². The quantitative estimate of drug-likeness (QED) is 0.918. The second-order valence-corrected chi connectivity index (χ2v) is 7.68. The number of hydrogen-bond donors (Lipinski definition) is 1. The number of para-hydroxylation sites is 2. The summed E-state index contributed by atoms with van der Waals surface area (Å²) in [5.74, 6) is 0.581. The van der Waals surface area contributed by atoms with Gasteiger partial charge in [-0.3, -0.25) is 0 Å². The average Bonchev–Trinajstić information content (AvgIpc) is 3.00. The first kappa shape index (κ1) is 12.8. The largest absolute Gasteiger partial charge is 0.380 e. The lowest BCUT2D eigenvalue weighted by Crippen LogP contribution is -2.24. The third-order valence-corrected chi connectivity index (χ3v) is 5.71. The summed E-state index contributed by atoms with van der Waals surface area (Å²) < 4.78 is 23.0. The highest BCUT2D eigenvalue weighted by Gasteiger charge is 2.28. The van der Waals surface area contributed by atoms with E-state index < -0.39 is 9.84 Å². The molecule has 1 atom stereocenters. The first-order chi connectivity index (χ1) is 9.14. The number of anilines is 2. The van der Waals surface area contributed by atoms with E-state index in [9.17, 15) is 8.42 Å². The minimum Gasteiger partial charge on any atom is -0.380 e. The molecule has 0 aliphatic carbocycles. The molecule has 0 amide bonds. The summed E-state index contributed by atoms with van der Waals surface area (Å²) >= 11 is 0. The van der Waals surface area contributed by atoms with Gasteiger partial charge in [0.05, 0.1) is 22.9 Å². The zero-order chi connectivity index (χ0) is 13.3. The summed E-state index contributed by atoms with van der Waals surface area (Å²) in [6.07, 6.45) is 3.20. The monoisotopic (exact) mass is 280 g/mol. The number of rotatable bonds is 3. The van der Waals surface area contributed by atoms with Gasteiger partial charge in [-0.2, -0.15) is 0 Å². The van der Waals surface area contributed by atoms with E-state index in [0.717, 1.165) is 25.2 Å². The number of hydrogen-bond acceptors (Lipinski definition) is 4. The molecule has 0 bridgehead atoms. The highest BCUT2D eigenvalue weighted by atomic mass is 32.2. The van der Waals surface area contributed by atoms with Crippen LogP contribution >= 0.6 is 0 Å². The molecule has 2 fully saturated rings. The van der Waals surface area contributed by atoms with Gasteiger partial charge in [-0.25, -0.2) is 8.42 Å². The molecule has 2 aliphatic heterocycles. The summed E-state index contributed by atoms with van der Waals surface area (Å²) in [4.78, 5) is 2.38. The smallest absolute Gasteiger partial charge is 0.152 e. The van der Waals surface area contributed by atoms with Crippen molar-refractivity contribution in [3.8, 4) is 0 Å². The number of nitrogens with zero attached hydrogens (tertiary/aromatic N) is 1. The molecule has 2 heterocycles. The summed E-state index contributed by atoms with van der Waals surface area (Å²) in [6.45, 7) is 2.20. The maximum atomic E-state index is 11.5. The maximum absolute atomic E-state index is 11.5. The van der Waals surface area contributed by atoms with Crippen LogP contribution in [0.2, 0.25) is 0 Å². The Hall–Kier alpha value is -1.23. The van der Waals surface area contributed by atoms with Crippen LogP contribution in [0.1, 0.15) is 19.3 Å². The highest BCUT2D eigenvalue weighted by molar-refractivity contribution is 7.91. The van der Waals surface area contributed by atoms with Crippen LogP contribution in [0.4, 0.5) is 11.4 Å². The second kappa shape index (κ2) is 5.04. The van der Waals surface area contributed by atoms with E-state index in [2.05, 4.69) is 22.3 Å². The fraction of sp³-hybridized carbons (Fsp3) is 0.571. The molecule has 2 aliphatic rings. The first-order valence-corrected chi connectivity index (χ1v) is 8.77. The third-order valence-electron chi connectivity index (χ3n) is 3.94. The summed E-state index contributed by atoms with van der Waals surface area (Å²) in [5, 5.41) is 3.42. The van der Waals surface area contributed by atoms with Crippen molar-refractivity contribution in [1.29, 1.82) is 0 Å². The normalized spacial score (nSPS) is 25.7. The fourth-order valence-electron chi connectivity index (χ4n) is 2.96. The van der Waals surface area contributed by atoms with E-state index in [4.69, 9.17) is 0 Å². The second-order valence-electron chi connectivity index (χ2n) is 5.46. The maximum Gasteiger partial charge on any atom is 0.152 e. The van der Waals surface area contributed by atoms with Crippen LogP contribution in [0.25, 0.3) is 0 Å². The van der Waals surface area contributed by atoms with Crippen molar-refractivity contribution in [3.63, 3.8) is 0 Å². The zero-order valence-electron chi connectivity index (χ0n) is 11.0. The predicted molar refractivity (Wildman–Crippen MR) is 78.6 cm³/mol. The van der Waals surface area contributed by atoms with E-state index in [1.807, 2.05) is 12.1 Å². The number of benzene rings is 1. The zero-order valence-corrected chi connectivity index (χ0v) is 11.8. The van der Waals surface area contributed by atoms with Crippen LogP contribution in [0.15, 0.2) is 24.3 Å². The van der Waals surface area contributed by atoms with Crippen molar-refractivity contribution in [3.05, 3.63) is 24.3 Å². The molecular weight excluding hydrogens is 260 g/mol. The lowest BCUT2D eigenvalue weighted by atomic mass is 10.2. The number of sulfone groups is 1. The highest BCUT2D eigenvalue weighted by Crippen LogP contribution is 2.30. The van der Waals surface area contributed by atoms with Crippen molar-refractivity contribution in [2.45, 2.75) is 25.3 Å². The fourth-order valence-corrected chi connectivity index (χ4v) is 4.63. The van der Waals surface area contributed by atoms with Gasteiger partial charge in [0, 0.05) is 19.1 Å². The molecule has 4 nitrogen and oxygen atoms in total. The Morgan fingerprint density at radius 2 is 1.89 bits per heavy atom. The van der Waals surface area contributed by atoms with Gasteiger partial charge >= 0.3 is 0 Å². The van der Waals surface area contributed by atoms with Crippen LogP contribution in [-0.2, 0) is 9.84 Å². The van der Waals surface area contributed by atoms with Crippen molar-refractivity contribution >= 4 is 21.2 Å². The van der Waals surface area contributed by atoms with Crippen LogP contribution in [0.3, 0.4) is 0 Å². The summed E-state index contributed by atoms with van der Waals surface area (Å²) in [6, 6.07) is 8.29. The van der Waals surface area contributed by atoms with Crippen LogP contribution < -0.4 is 10.2 Å². The van der Waals surface area contributed by atoms with E-state index in [-0.39, 0.29) is 11.8 Å². The molecule has 5 heteroatoms. The summed E-state index contributed by atoms with van der Waals surface area (Å²) in [5.41, 5.74) is 2.29. The Labute approximate surface area is 114 Å². The van der Waals surface area contributed by atoms with Crippen molar-refractivity contribution in [1.82, 2.24) is 0 Å². The minimum atomic E-state index is -2.82. The predicted octanol–water partition coefficient (Wildman–Crippen LogP) is 1.89. The Morgan fingerprint density at radius 1 is 1.16 bits per heavy atom. The van der Waals surface area contributed by atoms with E-state index in [1.165, 1.54) is 18.5 Å². The van der Waals surface area contributed by atoms with E-state index >= 15 is 0 Å². The van der Waals surface area contributed by atoms with Crippen molar-refractivity contribution in [2.75, 3.05) is 34.8 Å². The lowest BCUT2D eigenvalue weighted by molar-refractivity contribution is 0.602. The minimum absolute atomic E-state index is 0.0637. The van der Waals surface area contributed by atoms with Crippen LogP contribution in [0, 0.1) is 0 Å². The van der Waals surface area contributed by atoms with Crippen molar-refractivity contribution in [2.24, 2.45) is 0 Å². The Morgan fingerprint density at radius 3 is 2.58 bits per heavy atom. The topological polar surface area (TPSA) is 49.4 Å². The average molecular weight is 280 g/mol.